The Bertz CT molecular complexity index is 487. The van der Waals surface area contributed by atoms with E-state index < -0.39 is 18.1 Å². The molecule has 1 aliphatic carbocycles. The lowest BCUT2D eigenvalue weighted by Crippen LogP contribution is -2.41. The summed E-state index contributed by atoms with van der Waals surface area (Å²) in [5.74, 6) is -1.28. The first-order valence-corrected chi connectivity index (χ1v) is 7.46. The summed E-state index contributed by atoms with van der Waals surface area (Å²) in [5.41, 5.74) is 1.33. The van der Waals surface area contributed by atoms with Crippen LogP contribution in [0.2, 0.25) is 0 Å². The number of halogens is 4. The third-order valence-electron chi connectivity index (χ3n) is 3.84. The zero-order valence-electron chi connectivity index (χ0n) is 11.4. The Morgan fingerprint density at radius 3 is 2.48 bits per heavy atom. The van der Waals surface area contributed by atoms with Crippen LogP contribution in [0.15, 0.2) is 24.3 Å². The molecule has 0 bridgehead atoms. The van der Waals surface area contributed by atoms with Gasteiger partial charge in [0.05, 0.1) is 5.92 Å². The molecule has 0 aliphatic heterocycles. The SMILES string of the molecule is O=C(NC1CCCC(C(F)(F)F)C1)c1ccc(CCl)cc1. The molecule has 0 spiro atoms. The van der Waals surface area contributed by atoms with E-state index in [-0.39, 0.29) is 18.7 Å². The van der Waals surface area contributed by atoms with Crippen LogP contribution < -0.4 is 5.32 Å². The van der Waals surface area contributed by atoms with Crippen molar-refractivity contribution in [2.45, 2.75) is 43.8 Å². The predicted octanol–water partition coefficient (Wildman–Crippen LogP) is 4.28. The average Bonchev–Trinajstić information content (AvgIpc) is 2.47. The lowest BCUT2D eigenvalue weighted by atomic mass is 9.85. The van der Waals surface area contributed by atoms with E-state index in [1.807, 2.05) is 0 Å². The van der Waals surface area contributed by atoms with Crippen molar-refractivity contribution in [1.82, 2.24) is 5.32 Å². The zero-order chi connectivity index (χ0) is 15.5. The van der Waals surface area contributed by atoms with E-state index in [1.54, 1.807) is 24.3 Å². The van der Waals surface area contributed by atoms with E-state index in [1.165, 1.54) is 0 Å². The molecule has 2 unspecified atom stereocenters. The van der Waals surface area contributed by atoms with E-state index in [4.69, 9.17) is 11.6 Å². The largest absolute Gasteiger partial charge is 0.391 e. The second kappa shape index (κ2) is 6.69. The standard InChI is InChI=1S/C15H17ClF3NO/c16-9-10-4-6-11(7-5-10)14(21)20-13-3-1-2-12(8-13)15(17,18)19/h4-7,12-13H,1-3,8-9H2,(H,20,21). The molecule has 1 aromatic rings. The maximum absolute atomic E-state index is 12.7. The number of carbonyl (C=O) groups excluding carboxylic acids is 1. The number of rotatable bonds is 3. The summed E-state index contributed by atoms with van der Waals surface area (Å²) in [7, 11) is 0. The first-order chi connectivity index (χ1) is 9.90. The Morgan fingerprint density at radius 2 is 1.90 bits per heavy atom. The van der Waals surface area contributed by atoms with Crippen LogP contribution in [0.4, 0.5) is 13.2 Å². The van der Waals surface area contributed by atoms with Gasteiger partial charge in [0.2, 0.25) is 0 Å². The Labute approximate surface area is 126 Å². The van der Waals surface area contributed by atoms with Crippen molar-refractivity contribution in [3.8, 4) is 0 Å². The minimum absolute atomic E-state index is 0.0327. The van der Waals surface area contributed by atoms with Crippen molar-refractivity contribution in [1.29, 1.82) is 0 Å². The van der Waals surface area contributed by atoms with Crippen LogP contribution in [-0.2, 0) is 5.88 Å². The molecule has 0 heterocycles. The maximum Gasteiger partial charge on any atom is 0.391 e. The number of alkyl halides is 4. The molecule has 1 aliphatic rings. The van der Waals surface area contributed by atoms with Crippen LogP contribution in [0.5, 0.6) is 0 Å². The molecule has 116 valence electrons. The molecule has 1 amide bonds. The van der Waals surface area contributed by atoms with E-state index in [0.717, 1.165) is 5.56 Å². The van der Waals surface area contributed by atoms with Crippen molar-refractivity contribution >= 4 is 17.5 Å². The summed E-state index contributed by atoms with van der Waals surface area (Å²) < 4.78 is 38.2. The molecule has 2 atom stereocenters. The predicted molar refractivity (Wildman–Crippen MR) is 75.3 cm³/mol. The second-order valence-corrected chi connectivity index (χ2v) is 5.67. The monoisotopic (exact) mass is 319 g/mol. The number of hydrogen-bond acceptors (Lipinski definition) is 1. The highest BCUT2D eigenvalue weighted by Crippen LogP contribution is 2.37. The van der Waals surface area contributed by atoms with Crippen LogP contribution in [0.3, 0.4) is 0 Å². The molecule has 1 saturated carbocycles. The van der Waals surface area contributed by atoms with Gasteiger partial charge in [0.15, 0.2) is 0 Å². The van der Waals surface area contributed by atoms with Crippen LogP contribution >= 0.6 is 11.6 Å². The van der Waals surface area contributed by atoms with E-state index in [0.29, 0.717) is 24.3 Å². The number of carbonyl (C=O) groups is 1. The first kappa shape index (κ1) is 16.1. The Balaban J connectivity index is 1.95. The molecule has 0 aromatic heterocycles. The quantitative estimate of drug-likeness (QED) is 0.828. The fourth-order valence-electron chi connectivity index (χ4n) is 2.63. The third-order valence-corrected chi connectivity index (χ3v) is 4.15. The van der Waals surface area contributed by atoms with Gasteiger partial charge in [-0.25, -0.2) is 0 Å². The molecule has 0 saturated heterocycles. The number of nitrogens with one attached hydrogen (secondary N) is 1. The van der Waals surface area contributed by atoms with E-state index >= 15 is 0 Å². The van der Waals surface area contributed by atoms with Gasteiger partial charge < -0.3 is 5.32 Å². The van der Waals surface area contributed by atoms with Gasteiger partial charge in [-0.05, 0) is 37.0 Å². The maximum atomic E-state index is 12.7. The van der Waals surface area contributed by atoms with E-state index in [9.17, 15) is 18.0 Å². The van der Waals surface area contributed by atoms with Crippen molar-refractivity contribution in [3.63, 3.8) is 0 Å². The topological polar surface area (TPSA) is 29.1 Å². The average molecular weight is 320 g/mol. The summed E-state index contributed by atoms with van der Waals surface area (Å²) in [6, 6.07) is 6.34. The van der Waals surface area contributed by atoms with Crippen LogP contribution in [0.1, 0.15) is 41.6 Å². The van der Waals surface area contributed by atoms with Crippen molar-refractivity contribution < 1.29 is 18.0 Å². The van der Waals surface area contributed by atoms with Gasteiger partial charge >= 0.3 is 6.18 Å². The lowest BCUT2D eigenvalue weighted by molar-refractivity contribution is -0.183. The molecule has 1 fully saturated rings. The van der Waals surface area contributed by atoms with Crippen molar-refractivity contribution in [2.75, 3.05) is 0 Å². The number of benzene rings is 1. The van der Waals surface area contributed by atoms with Crippen LogP contribution in [0, 0.1) is 5.92 Å². The third kappa shape index (κ3) is 4.37. The zero-order valence-corrected chi connectivity index (χ0v) is 12.2. The molecule has 21 heavy (non-hydrogen) atoms. The van der Waals surface area contributed by atoms with E-state index in [2.05, 4.69) is 5.32 Å². The molecule has 0 radical (unpaired) electrons. The Hall–Kier alpha value is -1.23. The fraction of sp³-hybridized carbons (Fsp3) is 0.533. The number of amides is 1. The molecule has 1 aromatic carbocycles. The molecular formula is C15H17ClF3NO. The number of hydrogen-bond donors (Lipinski definition) is 1. The van der Waals surface area contributed by atoms with Crippen LogP contribution in [0.25, 0.3) is 0 Å². The fourth-order valence-corrected chi connectivity index (χ4v) is 2.81. The van der Waals surface area contributed by atoms with Crippen molar-refractivity contribution in [3.05, 3.63) is 35.4 Å². The summed E-state index contributed by atoms with van der Waals surface area (Å²) >= 11 is 5.67. The summed E-state index contributed by atoms with van der Waals surface area (Å²) in [4.78, 5) is 12.0. The molecule has 1 N–H and O–H groups in total. The van der Waals surface area contributed by atoms with Gasteiger partial charge in [-0.1, -0.05) is 18.6 Å². The minimum atomic E-state index is -4.18. The van der Waals surface area contributed by atoms with Gasteiger partial charge in [0, 0.05) is 17.5 Å². The smallest absolute Gasteiger partial charge is 0.349 e. The van der Waals surface area contributed by atoms with Gasteiger partial charge in [0.1, 0.15) is 0 Å². The Morgan fingerprint density at radius 1 is 1.24 bits per heavy atom. The van der Waals surface area contributed by atoms with Gasteiger partial charge in [-0.15, -0.1) is 11.6 Å². The summed E-state index contributed by atoms with van der Waals surface area (Å²) in [6.07, 6.45) is -2.97. The highest BCUT2D eigenvalue weighted by molar-refractivity contribution is 6.17. The molecular weight excluding hydrogens is 303 g/mol. The molecule has 2 rings (SSSR count). The Kier molecular flexibility index (Phi) is 5.14. The van der Waals surface area contributed by atoms with Gasteiger partial charge in [-0.2, -0.15) is 13.2 Å². The minimum Gasteiger partial charge on any atom is -0.349 e. The van der Waals surface area contributed by atoms with Crippen molar-refractivity contribution in [2.24, 2.45) is 5.92 Å². The second-order valence-electron chi connectivity index (χ2n) is 5.41. The molecule has 2 nitrogen and oxygen atoms in total. The summed E-state index contributed by atoms with van der Waals surface area (Å²) in [5, 5.41) is 2.70. The highest BCUT2D eigenvalue weighted by atomic mass is 35.5. The highest BCUT2D eigenvalue weighted by Gasteiger charge is 2.42. The lowest BCUT2D eigenvalue weighted by Gasteiger charge is -2.31. The molecule has 6 heteroatoms. The summed E-state index contributed by atoms with van der Waals surface area (Å²) in [6.45, 7) is 0. The normalized spacial score (nSPS) is 22.9. The van der Waals surface area contributed by atoms with Crippen LogP contribution in [-0.4, -0.2) is 18.1 Å². The first-order valence-electron chi connectivity index (χ1n) is 6.92. The van der Waals surface area contributed by atoms with Gasteiger partial charge in [-0.3, -0.25) is 4.79 Å². The van der Waals surface area contributed by atoms with Gasteiger partial charge in [0.25, 0.3) is 5.91 Å².